The zero-order valence-electron chi connectivity index (χ0n) is 11.2. The van der Waals surface area contributed by atoms with Crippen LogP contribution in [0.2, 0.25) is 0 Å². The molecule has 0 aliphatic carbocycles. The van der Waals surface area contributed by atoms with Gasteiger partial charge < -0.3 is 15.2 Å². The average molecular weight is 237 g/mol. The Morgan fingerprint density at radius 3 is 2.53 bits per heavy atom. The van der Waals surface area contributed by atoms with E-state index in [1.807, 2.05) is 25.2 Å². The molecule has 0 spiro atoms. The summed E-state index contributed by atoms with van der Waals surface area (Å²) >= 11 is 0. The molecule has 96 valence electrons. The summed E-state index contributed by atoms with van der Waals surface area (Å²) in [6.07, 6.45) is 0.999. The van der Waals surface area contributed by atoms with Crippen LogP contribution < -0.4 is 10.1 Å². The molecular formula is C14H23NO2. The van der Waals surface area contributed by atoms with Crippen molar-refractivity contribution in [3.8, 4) is 5.75 Å². The van der Waals surface area contributed by atoms with Crippen molar-refractivity contribution < 1.29 is 9.84 Å². The van der Waals surface area contributed by atoms with Gasteiger partial charge in [0.15, 0.2) is 0 Å². The van der Waals surface area contributed by atoms with Crippen LogP contribution in [0.25, 0.3) is 0 Å². The van der Waals surface area contributed by atoms with E-state index < -0.39 is 5.60 Å². The lowest BCUT2D eigenvalue weighted by Crippen LogP contribution is -2.28. The highest BCUT2D eigenvalue weighted by Gasteiger charge is 2.16. The number of ether oxygens (including phenoxy) is 1. The highest BCUT2D eigenvalue weighted by Crippen LogP contribution is 2.27. The van der Waals surface area contributed by atoms with Crippen molar-refractivity contribution in [1.82, 2.24) is 5.32 Å². The van der Waals surface area contributed by atoms with Crippen LogP contribution in [0.3, 0.4) is 0 Å². The van der Waals surface area contributed by atoms with Crippen molar-refractivity contribution in [2.45, 2.75) is 38.8 Å². The van der Waals surface area contributed by atoms with Crippen molar-refractivity contribution in [3.63, 3.8) is 0 Å². The van der Waals surface area contributed by atoms with E-state index in [1.165, 1.54) is 0 Å². The summed E-state index contributed by atoms with van der Waals surface area (Å²) in [5, 5.41) is 12.9. The van der Waals surface area contributed by atoms with Gasteiger partial charge in [-0.1, -0.05) is 25.1 Å². The lowest BCUT2D eigenvalue weighted by Gasteiger charge is -2.22. The normalized spacial score (nSPS) is 13.5. The lowest BCUT2D eigenvalue weighted by atomic mass is 10.0. The minimum atomic E-state index is -0.811. The Bertz CT molecular complexity index is 340. The van der Waals surface area contributed by atoms with Gasteiger partial charge in [0.25, 0.3) is 0 Å². The number of benzene rings is 1. The number of hydrogen-bond acceptors (Lipinski definition) is 3. The smallest absolute Gasteiger partial charge is 0.124 e. The van der Waals surface area contributed by atoms with Crippen LogP contribution in [0.1, 0.15) is 38.8 Å². The van der Waals surface area contributed by atoms with Crippen LogP contribution in [0, 0.1) is 0 Å². The molecule has 1 aromatic rings. The minimum Gasteiger partial charge on any atom is -0.490 e. The van der Waals surface area contributed by atoms with E-state index >= 15 is 0 Å². The van der Waals surface area contributed by atoms with Gasteiger partial charge >= 0.3 is 0 Å². The van der Waals surface area contributed by atoms with Crippen LogP contribution in [-0.2, 0) is 0 Å². The molecule has 1 atom stereocenters. The van der Waals surface area contributed by atoms with E-state index in [0.717, 1.165) is 17.7 Å². The fourth-order valence-electron chi connectivity index (χ4n) is 1.73. The molecular weight excluding hydrogens is 214 g/mol. The third kappa shape index (κ3) is 4.36. The molecule has 0 bridgehead atoms. The topological polar surface area (TPSA) is 41.5 Å². The van der Waals surface area contributed by atoms with Gasteiger partial charge in [-0.15, -0.1) is 0 Å². The molecule has 0 amide bonds. The van der Waals surface area contributed by atoms with Gasteiger partial charge in [0.05, 0.1) is 5.60 Å². The molecule has 0 aromatic heterocycles. The molecule has 1 aromatic carbocycles. The first-order valence-corrected chi connectivity index (χ1v) is 6.09. The number of aliphatic hydroxyl groups is 1. The SMILES string of the molecule is CCC(NC)c1ccccc1OCC(C)(C)O. The largest absolute Gasteiger partial charge is 0.490 e. The Kier molecular flexibility index (Phi) is 4.97. The molecule has 17 heavy (non-hydrogen) atoms. The molecule has 1 rings (SSSR count). The Labute approximate surface area is 104 Å². The van der Waals surface area contributed by atoms with Crippen LogP contribution in [0.15, 0.2) is 24.3 Å². The van der Waals surface area contributed by atoms with Gasteiger partial charge in [-0.3, -0.25) is 0 Å². The van der Waals surface area contributed by atoms with Gasteiger partial charge in [-0.05, 0) is 33.4 Å². The third-order valence-corrected chi connectivity index (χ3v) is 2.63. The zero-order chi connectivity index (χ0) is 12.9. The number of hydrogen-bond donors (Lipinski definition) is 2. The van der Waals surface area contributed by atoms with Gasteiger partial charge in [0.1, 0.15) is 12.4 Å². The lowest BCUT2D eigenvalue weighted by molar-refractivity contribution is 0.0280. The summed E-state index contributed by atoms with van der Waals surface area (Å²) in [5.41, 5.74) is 0.329. The Morgan fingerprint density at radius 2 is 2.00 bits per heavy atom. The maximum atomic E-state index is 9.68. The molecule has 0 aliphatic rings. The summed E-state index contributed by atoms with van der Waals surface area (Å²) in [6.45, 7) is 5.91. The number of para-hydroxylation sites is 1. The fraction of sp³-hybridized carbons (Fsp3) is 0.571. The van der Waals surface area contributed by atoms with E-state index in [-0.39, 0.29) is 6.04 Å². The standard InChI is InChI=1S/C14H23NO2/c1-5-12(15-4)11-8-6-7-9-13(11)17-10-14(2,3)16/h6-9,12,15-16H,5,10H2,1-4H3. The minimum absolute atomic E-state index is 0.285. The molecule has 0 fully saturated rings. The molecule has 1 unspecified atom stereocenters. The highest BCUT2D eigenvalue weighted by molar-refractivity contribution is 5.35. The number of rotatable bonds is 6. The highest BCUT2D eigenvalue weighted by atomic mass is 16.5. The third-order valence-electron chi connectivity index (χ3n) is 2.63. The van der Waals surface area contributed by atoms with Crippen LogP contribution in [0.4, 0.5) is 0 Å². The number of nitrogens with one attached hydrogen (secondary N) is 1. The van der Waals surface area contributed by atoms with E-state index in [2.05, 4.69) is 18.3 Å². The van der Waals surface area contributed by atoms with Crippen molar-refractivity contribution >= 4 is 0 Å². The average Bonchev–Trinajstić information content (AvgIpc) is 2.28. The monoisotopic (exact) mass is 237 g/mol. The van der Waals surface area contributed by atoms with E-state index in [0.29, 0.717) is 6.61 Å². The van der Waals surface area contributed by atoms with Crippen molar-refractivity contribution in [3.05, 3.63) is 29.8 Å². The van der Waals surface area contributed by atoms with Gasteiger partial charge in [-0.25, -0.2) is 0 Å². The molecule has 0 heterocycles. The first kappa shape index (κ1) is 14.0. The molecule has 0 saturated heterocycles. The quantitative estimate of drug-likeness (QED) is 0.798. The van der Waals surface area contributed by atoms with Crippen molar-refractivity contribution in [1.29, 1.82) is 0 Å². The second-order valence-corrected chi connectivity index (χ2v) is 4.89. The Morgan fingerprint density at radius 1 is 1.35 bits per heavy atom. The van der Waals surface area contributed by atoms with E-state index in [4.69, 9.17) is 4.74 Å². The molecule has 3 heteroatoms. The molecule has 3 nitrogen and oxygen atoms in total. The summed E-state index contributed by atoms with van der Waals surface area (Å²) in [5.74, 6) is 0.843. The first-order chi connectivity index (χ1) is 7.98. The van der Waals surface area contributed by atoms with Crippen molar-refractivity contribution in [2.75, 3.05) is 13.7 Å². The fourth-order valence-corrected chi connectivity index (χ4v) is 1.73. The van der Waals surface area contributed by atoms with Gasteiger partial charge in [0.2, 0.25) is 0 Å². The Hall–Kier alpha value is -1.06. The van der Waals surface area contributed by atoms with Crippen molar-refractivity contribution in [2.24, 2.45) is 0 Å². The molecule has 0 radical (unpaired) electrons. The second-order valence-electron chi connectivity index (χ2n) is 4.89. The summed E-state index contributed by atoms with van der Waals surface area (Å²) in [7, 11) is 1.95. The maximum absolute atomic E-state index is 9.68. The second kappa shape index (κ2) is 6.03. The zero-order valence-corrected chi connectivity index (χ0v) is 11.2. The van der Waals surface area contributed by atoms with Crippen LogP contribution in [-0.4, -0.2) is 24.4 Å². The molecule has 0 saturated carbocycles. The summed E-state index contributed by atoms with van der Waals surface area (Å²) < 4.78 is 5.70. The summed E-state index contributed by atoms with van der Waals surface area (Å²) in [4.78, 5) is 0. The van der Waals surface area contributed by atoms with Crippen LogP contribution in [0.5, 0.6) is 5.75 Å². The Balaban J connectivity index is 2.84. The van der Waals surface area contributed by atoms with Crippen LogP contribution >= 0.6 is 0 Å². The van der Waals surface area contributed by atoms with Gasteiger partial charge in [-0.2, -0.15) is 0 Å². The first-order valence-electron chi connectivity index (χ1n) is 6.09. The predicted octanol–water partition coefficient (Wildman–Crippen LogP) is 2.51. The molecule has 2 N–H and O–H groups in total. The summed E-state index contributed by atoms with van der Waals surface area (Å²) in [6, 6.07) is 8.25. The van der Waals surface area contributed by atoms with Gasteiger partial charge in [0, 0.05) is 11.6 Å². The maximum Gasteiger partial charge on any atom is 0.124 e. The van der Waals surface area contributed by atoms with E-state index in [9.17, 15) is 5.11 Å². The van der Waals surface area contributed by atoms with E-state index in [1.54, 1.807) is 13.8 Å². The molecule has 0 aliphatic heterocycles. The predicted molar refractivity (Wildman–Crippen MR) is 70.3 cm³/mol.